The summed E-state index contributed by atoms with van der Waals surface area (Å²) < 4.78 is 44.0. The van der Waals surface area contributed by atoms with Crippen LogP contribution >= 0.6 is 0 Å². The van der Waals surface area contributed by atoms with Gasteiger partial charge in [0.1, 0.15) is 11.6 Å². The van der Waals surface area contributed by atoms with E-state index < -0.39 is 12.4 Å². The average Bonchev–Trinajstić information content (AvgIpc) is 2.52. The van der Waals surface area contributed by atoms with Crippen LogP contribution in [0, 0.1) is 5.82 Å². The van der Waals surface area contributed by atoms with Gasteiger partial charge in [0.05, 0.1) is 18.6 Å². The number of alkyl halides is 2. The number of hydrogen-bond acceptors (Lipinski definition) is 3. The molecule has 0 radical (unpaired) electrons. The van der Waals surface area contributed by atoms with Crippen molar-refractivity contribution in [2.24, 2.45) is 0 Å². The summed E-state index contributed by atoms with van der Waals surface area (Å²) in [6, 6.07) is 3.26. The van der Waals surface area contributed by atoms with Gasteiger partial charge in [-0.3, -0.25) is 9.36 Å². The molecule has 0 spiro atoms. The third-order valence-corrected chi connectivity index (χ3v) is 3.89. The van der Waals surface area contributed by atoms with Crippen LogP contribution in [0.15, 0.2) is 29.3 Å². The van der Waals surface area contributed by atoms with Gasteiger partial charge in [0.2, 0.25) is 0 Å². The van der Waals surface area contributed by atoms with Crippen molar-refractivity contribution in [1.82, 2.24) is 9.55 Å². The van der Waals surface area contributed by atoms with Crippen molar-refractivity contribution in [1.29, 1.82) is 0 Å². The zero-order valence-electron chi connectivity index (χ0n) is 12.3. The van der Waals surface area contributed by atoms with Crippen molar-refractivity contribution in [3.63, 3.8) is 0 Å². The molecule has 0 atom stereocenters. The summed E-state index contributed by atoms with van der Waals surface area (Å²) in [4.78, 5) is 16.7. The lowest BCUT2D eigenvalue weighted by molar-refractivity contribution is -0.0505. The highest BCUT2D eigenvalue weighted by Gasteiger charge is 2.17. The second kappa shape index (κ2) is 6.44. The lowest BCUT2D eigenvalue weighted by Gasteiger charge is -2.17. The van der Waals surface area contributed by atoms with Crippen molar-refractivity contribution < 1.29 is 17.9 Å². The van der Waals surface area contributed by atoms with Crippen LogP contribution in [0.5, 0.6) is 5.75 Å². The Hall–Kier alpha value is -2.31. The van der Waals surface area contributed by atoms with Crippen LogP contribution in [0.4, 0.5) is 13.2 Å². The van der Waals surface area contributed by atoms with Gasteiger partial charge in [0.25, 0.3) is 5.56 Å². The summed E-state index contributed by atoms with van der Waals surface area (Å²) >= 11 is 0. The molecular formula is C16H15F3N2O2. The minimum absolute atomic E-state index is 0.0705. The highest BCUT2D eigenvalue weighted by Crippen LogP contribution is 2.23. The van der Waals surface area contributed by atoms with E-state index in [4.69, 9.17) is 0 Å². The quantitative estimate of drug-likeness (QED) is 0.868. The van der Waals surface area contributed by atoms with Gasteiger partial charge in [-0.2, -0.15) is 8.78 Å². The minimum Gasteiger partial charge on any atom is -0.434 e. The summed E-state index contributed by atoms with van der Waals surface area (Å²) in [5.41, 5.74) is 1.42. The largest absolute Gasteiger partial charge is 0.434 e. The molecule has 0 amide bonds. The van der Waals surface area contributed by atoms with Gasteiger partial charge in [-0.1, -0.05) is 0 Å². The summed E-state index contributed by atoms with van der Waals surface area (Å²) in [5, 5.41) is 0. The fourth-order valence-corrected chi connectivity index (χ4v) is 2.81. The van der Waals surface area contributed by atoms with E-state index in [9.17, 15) is 18.0 Å². The Labute approximate surface area is 130 Å². The van der Waals surface area contributed by atoms with Crippen molar-refractivity contribution >= 4 is 0 Å². The molecule has 23 heavy (non-hydrogen) atoms. The molecular weight excluding hydrogens is 309 g/mol. The second-order valence-corrected chi connectivity index (χ2v) is 5.44. The Kier molecular flexibility index (Phi) is 4.36. The Balaban J connectivity index is 1.96. The van der Waals surface area contributed by atoms with Gasteiger partial charge in [0, 0.05) is 11.1 Å². The van der Waals surface area contributed by atoms with Gasteiger partial charge in [-0.05, 0) is 43.9 Å². The van der Waals surface area contributed by atoms with Crippen LogP contribution < -0.4 is 10.3 Å². The fourth-order valence-electron chi connectivity index (χ4n) is 2.81. The number of aromatic nitrogens is 2. The molecule has 2 aromatic rings. The Morgan fingerprint density at radius 2 is 2.04 bits per heavy atom. The minimum atomic E-state index is -3.02. The van der Waals surface area contributed by atoms with Crippen LogP contribution in [-0.4, -0.2) is 16.2 Å². The standard InChI is InChI=1S/C16H15F3N2O2/c17-11-5-6-14(23-16(18)19)10(7-11)8-21-9-20-13-4-2-1-3-12(13)15(21)22/h5-7,9,16H,1-4,8H2. The molecule has 1 aromatic carbocycles. The molecule has 0 unspecified atom stereocenters. The van der Waals surface area contributed by atoms with Crippen molar-refractivity contribution in [2.75, 3.05) is 0 Å². The molecule has 0 bridgehead atoms. The molecule has 0 fully saturated rings. The number of nitrogens with zero attached hydrogens (tertiary/aromatic N) is 2. The molecule has 1 heterocycles. The maximum Gasteiger partial charge on any atom is 0.387 e. The molecule has 1 aromatic heterocycles. The Morgan fingerprint density at radius 1 is 1.26 bits per heavy atom. The van der Waals surface area contributed by atoms with Gasteiger partial charge < -0.3 is 4.74 Å². The first-order valence-electron chi connectivity index (χ1n) is 7.35. The zero-order chi connectivity index (χ0) is 16.4. The predicted molar refractivity (Wildman–Crippen MR) is 77.3 cm³/mol. The fraction of sp³-hybridized carbons (Fsp3) is 0.375. The molecule has 3 rings (SSSR count). The van der Waals surface area contributed by atoms with Crippen LogP contribution in [0.25, 0.3) is 0 Å². The number of ether oxygens (including phenoxy) is 1. The molecule has 122 valence electrons. The first kappa shape index (κ1) is 15.6. The Morgan fingerprint density at radius 3 is 2.83 bits per heavy atom. The summed E-state index contributed by atoms with van der Waals surface area (Å²) in [5.74, 6) is -0.730. The lowest BCUT2D eigenvalue weighted by atomic mass is 9.97. The lowest BCUT2D eigenvalue weighted by Crippen LogP contribution is -2.28. The van der Waals surface area contributed by atoms with Crippen molar-refractivity contribution in [3.05, 3.63) is 57.5 Å². The van der Waals surface area contributed by atoms with Crippen LogP contribution in [0.1, 0.15) is 29.7 Å². The maximum absolute atomic E-state index is 13.4. The normalized spacial score (nSPS) is 13.9. The number of aryl methyl sites for hydroxylation is 1. The average molecular weight is 324 g/mol. The summed E-state index contributed by atoms with van der Waals surface area (Å²) in [6.07, 6.45) is 4.73. The molecule has 1 aliphatic rings. The number of hydrogen-bond donors (Lipinski definition) is 0. The van der Waals surface area contributed by atoms with E-state index in [0.29, 0.717) is 12.0 Å². The Bertz CT molecular complexity index is 774. The first-order chi connectivity index (χ1) is 11.0. The maximum atomic E-state index is 13.4. The van der Waals surface area contributed by atoms with E-state index in [2.05, 4.69) is 9.72 Å². The monoisotopic (exact) mass is 324 g/mol. The molecule has 7 heteroatoms. The number of fused-ring (bicyclic) bond motifs is 1. The molecule has 4 nitrogen and oxygen atoms in total. The SMILES string of the molecule is O=c1c2c(ncn1Cc1cc(F)ccc1OC(F)F)CCCC2. The van der Waals surface area contributed by atoms with Crippen LogP contribution in [0.3, 0.4) is 0 Å². The summed E-state index contributed by atoms with van der Waals surface area (Å²) in [6.45, 7) is -3.09. The molecule has 0 saturated heterocycles. The highest BCUT2D eigenvalue weighted by molar-refractivity contribution is 5.34. The molecule has 1 aliphatic carbocycles. The predicted octanol–water partition coefficient (Wildman–Crippen LogP) is 2.91. The number of rotatable bonds is 4. The second-order valence-electron chi connectivity index (χ2n) is 5.44. The number of benzene rings is 1. The van der Waals surface area contributed by atoms with Crippen LogP contribution in [-0.2, 0) is 19.4 Å². The van der Waals surface area contributed by atoms with Crippen LogP contribution in [0.2, 0.25) is 0 Å². The van der Waals surface area contributed by atoms with E-state index in [0.717, 1.165) is 43.2 Å². The topological polar surface area (TPSA) is 44.1 Å². The smallest absolute Gasteiger partial charge is 0.387 e. The third kappa shape index (κ3) is 3.38. The van der Waals surface area contributed by atoms with Gasteiger partial charge >= 0.3 is 6.61 Å². The summed E-state index contributed by atoms with van der Waals surface area (Å²) in [7, 11) is 0. The molecule has 0 N–H and O–H groups in total. The molecule has 0 aliphatic heterocycles. The van der Waals surface area contributed by atoms with E-state index >= 15 is 0 Å². The first-order valence-corrected chi connectivity index (χ1v) is 7.35. The van der Waals surface area contributed by atoms with E-state index in [1.807, 2.05) is 0 Å². The third-order valence-electron chi connectivity index (χ3n) is 3.89. The van der Waals surface area contributed by atoms with Gasteiger partial charge in [0.15, 0.2) is 0 Å². The highest BCUT2D eigenvalue weighted by atomic mass is 19.3. The van der Waals surface area contributed by atoms with Crippen molar-refractivity contribution in [3.8, 4) is 5.75 Å². The van der Waals surface area contributed by atoms with Gasteiger partial charge in [-0.15, -0.1) is 0 Å². The molecule has 0 saturated carbocycles. The van der Waals surface area contributed by atoms with E-state index in [-0.39, 0.29) is 23.4 Å². The van der Waals surface area contributed by atoms with E-state index in [1.54, 1.807) is 0 Å². The van der Waals surface area contributed by atoms with Crippen molar-refractivity contribution in [2.45, 2.75) is 38.8 Å². The van der Waals surface area contributed by atoms with E-state index in [1.165, 1.54) is 10.9 Å². The number of halogens is 3. The zero-order valence-corrected chi connectivity index (χ0v) is 12.3. The van der Waals surface area contributed by atoms with Gasteiger partial charge in [-0.25, -0.2) is 9.37 Å².